The Hall–Kier alpha value is -0.600. The Morgan fingerprint density at radius 1 is 1.16 bits per heavy atom. The first-order valence-electron chi connectivity index (χ1n) is 7.29. The van der Waals surface area contributed by atoms with Gasteiger partial charge in [-0.1, -0.05) is 17.7 Å². The zero-order chi connectivity index (χ0) is 17.0. The molecule has 0 amide bonds. The Morgan fingerprint density at radius 2 is 1.76 bits per heavy atom. The number of piperazine rings is 1. The third-order valence-corrected chi connectivity index (χ3v) is 4.28. The van der Waals surface area contributed by atoms with Gasteiger partial charge in [0.2, 0.25) is 0 Å². The van der Waals surface area contributed by atoms with Gasteiger partial charge in [0, 0.05) is 32.2 Å². The Labute approximate surface area is 162 Å². The van der Waals surface area contributed by atoms with Crippen LogP contribution in [0.15, 0.2) is 12.1 Å². The Kier molecular flexibility index (Phi) is 10.3. The lowest BCUT2D eigenvalue weighted by Crippen LogP contribution is -2.46. The maximum Gasteiger partial charge on any atom is 0.390 e. The van der Waals surface area contributed by atoms with Crippen molar-refractivity contribution in [3.63, 3.8) is 0 Å². The van der Waals surface area contributed by atoms with Crippen molar-refractivity contribution in [3.05, 3.63) is 22.7 Å². The molecule has 1 heterocycles. The van der Waals surface area contributed by atoms with Crippen LogP contribution in [0.25, 0.3) is 0 Å². The van der Waals surface area contributed by atoms with Gasteiger partial charge in [0.25, 0.3) is 0 Å². The van der Waals surface area contributed by atoms with Crippen molar-refractivity contribution in [2.75, 3.05) is 40.4 Å². The molecule has 1 aromatic carbocycles. The van der Waals surface area contributed by atoms with Gasteiger partial charge < -0.3 is 14.8 Å². The minimum absolute atomic E-state index is 0. The van der Waals surface area contributed by atoms with E-state index in [4.69, 9.17) is 21.1 Å². The summed E-state index contributed by atoms with van der Waals surface area (Å²) in [4.78, 5) is 1.80. The van der Waals surface area contributed by atoms with Gasteiger partial charge in [0.15, 0.2) is 11.5 Å². The van der Waals surface area contributed by atoms with Crippen molar-refractivity contribution >= 4 is 36.4 Å². The summed E-state index contributed by atoms with van der Waals surface area (Å²) >= 11 is 6.32. The number of nitrogens with one attached hydrogen (secondary N) is 1. The van der Waals surface area contributed by atoms with Crippen LogP contribution in [-0.2, 0) is 0 Å². The van der Waals surface area contributed by atoms with Crippen molar-refractivity contribution in [3.8, 4) is 11.5 Å². The number of methoxy groups -OCH3 is 2. The van der Waals surface area contributed by atoms with Gasteiger partial charge in [-0.3, -0.25) is 4.90 Å². The number of hydrogen-bond donors (Lipinski definition) is 1. The number of hydrogen-bond acceptors (Lipinski definition) is 4. The Morgan fingerprint density at radius 3 is 2.24 bits per heavy atom. The molecule has 0 radical (unpaired) electrons. The summed E-state index contributed by atoms with van der Waals surface area (Å²) < 4.78 is 49.5. The van der Waals surface area contributed by atoms with Crippen molar-refractivity contribution in [1.82, 2.24) is 10.2 Å². The highest BCUT2D eigenvalue weighted by molar-refractivity contribution is 6.33. The molecule has 2 rings (SSSR count). The highest BCUT2D eigenvalue weighted by atomic mass is 35.5. The van der Waals surface area contributed by atoms with Crippen LogP contribution in [0.4, 0.5) is 13.2 Å². The topological polar surface area (TPSA) is 33.7 Å². The van der Waals surface area contributed by atoms with E-state index in [0.29, 0.717) is 37.5 Å². The predicted molar refractivity (Wildman–Crippen MR) is 96.9 cm³/mol. The van der Waals surface area contributed by atoms with Crippen LogP contribution < -0.4 is 14.8 Å². The number of nitrogens with zero attached hydrogens (tertiary/aromatic N) is 1. The molecule has 1 fully saturated rings. The molecule has 1 atom stereocenters. The maximum absolute atomic E-state index is 13.1. The van der Waals surface area contributed by atoms with Crippen LogP contribution in [0.5, 0.6) is 11.5 Å². The summed E-state index contributed by atoms with van der Waals surface area (Å²) in [6.07, 6.45) is -5.24. The lowest BCUT2D eigenvalue weighted by atomic mass is 10.00. The van der Waals surface area contributed by atoms with E-state index < -0.39 is 18.6 Å². The van der Waals surface area contributed by atoms with Crippen LogP contribution in [0.2, 0.25) is 5.02 Å². The smallest absolute Gasteiger partial charge is 0.390 e. The molecule has 146 valence electrons. The van der Waals surface area contributed by atoms with E-state index in [2.05, 4.69) is 5.32 Å². The number of halogens is 6. The fraction of sp³-hybridized carbons (Fsp3) is 0.600. The van der Waals surface area contributed by atoms with E-state index in [-0.39, 0.29) is 35.6 Å². The number of benzene rings is 1. The lowest BCUT2D eigenvalue weighted by Gasteiger charge is -2.36. The van der Waals surface area contributed by atoms with Crippen LogP contribution in [0, 0.1) is 0 Å². The molecule has 10 heteroatoms. The largest absolute Gasteiger partial charge is 0.493 e. The third-order valence-electron chi connectivity index (χ3n) is 3.89. The van der Waals surface area contributed by atoms with Gasteiger partial charge in [0.05, 0.1) is 25.7 Å². The van der Waals surface area contributed by atoms with Gasteiger partial charge in [-0.15, -0.1) is 24.8 Å². The molecule has 1 saturated heterocycles. The van der Waals surface area contributed by atoms with Crippen molar-refractivity contribution in [2.24, 2.45) is 0 Å². The van der Waals surface area contributed by atoms with E-state index in [1.807, 2.05) is 0 Å². The second-order valence-corrected chi connectivity index (χ2v) is 5.70. The Bertz CT molecular complexity index is 541. The highest BCUT2D eigenvalue weighted by Gasteiger charge is 2.37. The molecule has 1 N–H and O–H groups in total. The molecule has 0 unspecified atom stereocenters. The zero-order valence-corrected chi connectivity index (χ0v) is 16.2. The first-order chi connectivity index (χ1) is 10.9. The molecule has 0 saturated carbocycles. The third kappa shape index (κ3) is 6.25. The SMILES string of the molecule is COc1ccc([C@@H](CC(F)(F)F)N2CCNCC2)c(Cl)c1OC.Cl.Cl. The zero-order valence-electron chi connectivity index (χ0n) is 13.9. The monoisotopic (exact) mass is 424 g/mol. The fourth-order valence-electron chi connectivity index (χ4n) is 2.81. The number of rotatable bonds is 5. The molecule has 1 aliphatic heterocycles. The first kappa shape index (κ1) is 24.4. The van der Waals surface area contributed by atoms with E-state index in [1.165, 1.54) is 14.2 Å². The molecule has 4 nitrogen and oxygen atoms in total. The molecule has 0 aromatic heterocycles. The predicted octanol–water partition coefficient (Wildman–Crippen LogP) is 4.10. The molecule has 1 aliphatic rings. The van der Waals surface area contributed by atoms with E-state index >= 15 is 0 Å². The van der Waals surface area contributed by atoms with Crippen molar-refractivity contribution < 1.29 is 22.6 Å². The van der Waals surface area contributed by atoms with E-state index in [9.17, 15) is 13.2 Å². The second kappa shape index (κ2) is 10.5. The minimum Gasteiger partial charge on any atom is -0.493 e. The first-order valence-corrected chi connectivity index (χ1v) is 7.67. The summed E-state index contributed by atoms with van der Waals surface area (Å²) in [5.74, 6) is 0.654. The average molecular weight is 426 g/mol. The lowest BCUT2D eigenvalue weighted by molar-refractivity contribution is -0.148. The number of ether oxygens (including phenoxy) is 2. The van der Waals surface area contributed by atoms with Gasteiger partial charge in [-0.25, -0.2) is 0 Å². The van der Waals surface area contributed by atoms with Crippen molar-refractivity contribution in [2.45, 2.75) is 18.6 Å². The van der Waals surface area contributed by atoms with Crippen LogP contribution in [-0.4, -0.2) is 51.5 Å². The van der Waals surface area contributed by atoms with Crippen LogP contribution in [0.1, 0.15) is 18.0 Å². The van der Waals surface area contributed by atoms with Crippen LogP contribution in [0.3, 0.4) is 0 Å². The number of alkyl halides is 3. The van der Waals surface area contributed by atoms with Gasteiger partial charge in [-0.05, 0) is 11.6 Å². The minimum atomic E-state index is -4.29. The summed E-state index contributed by atoms with van der Waals surface area (Å²) in [5.41, 5.74) is 0.406. The van der Waals surface area contributed by atoms with Crippen molar-refractivity contribution in [1.29, 1.82) is 0 Å². The summed E-state index contributed by atoms with van der Waals surface area (Å²) in [5, 5.41) is 3.31. The quantitative estimate of drug-likeness (QED) is 0.770. The molecular weight excluding hydrogens is 404 g/mol. The average Bonchev–Trinajstić information content (AvgIpc) is 2.52. The summed E-state index contributed by atoms with van der Waals surface area (Å²) in [7, 11) is 2.87. The van der Waals surface area contributed by atoms with E-state index in [0.717, 1.165) is 0 Å². The molecule has 25 heavy (non-hydrogen) atoms. The molecule has 1 aromatic rings. The Balaban J connectivity index is 0.00000288. The highest BCUT2D eigenvalue weighted by Crippen LogP contribution is 2.44. The van der Waals surface area contributed by atoms with Gasteiger partial charge >= 0.3 is 6.18 Å². The van der Waals surface area contributed by atoms with Gasteiger partial charge in [-0.2, -0.15) is 13.2 Å². The second-order valence-electron chi connectivity index (χ2n) is 5.33. The standard InChI is InChI=1S/C15H20ClF3N2O2.2ClH/c1-22-12-4-3-10(13(16)14(12)23-2)11(9-15(17,18)19)21-7-5-20-6-8-21;;/h3-4,11,20H,5-9H2,1-2H3;2*1H/t11-;;/m1../s1. The molecule has 0 aliphatic carbocycles. The molecular formula is C15H22Cl3F3N2O2. The fourth-order valence-corrected chi connectivity index (χ4v) is 3.17. The maximum atomic E-state index is 13.1. The van der Waals surface area contributed by atoms with E-state index in [1.54, 1.807) is 17.0 Å². The summed E-state index contributed by atoms with van der Waals surface area (Å²) in [6, 6.07) is 2.33. The van der Waals surface area contributed by atoms with Gasteiger partial charge in [0.1, 0.15) is 0 Å². The molecule has 0 bridgehead atoms. The summed E-state index contributed by atoms with van der Waals surface area (Å²) in [6.45, 7) is 2.37. The normalized spacial score (nSPS) is 16.4. The molecule has 0 spiro atoms. The van der Waals surface area contributed by atoms with Crippen LogP contribution >= 0.6 is 36.4 Å².